The van der Waals surface area contributed by atoms with Crippen LogP contribution in [0.5, 0.6) is 0 Å². The van der Waals surface area contributed by atoms with Gasteiger partial charge in [-0.1, -0.05) is 0 Å². The van der Waals surface area contributed by atoms with Crippen molar-refractivity contribution in [3.8, 4) is 22.8 Å². The van der Waals surface area contributed by atoms with Crippen molar-refractivity contribution in [3.05, 3.63) is 42.5 Å². The van der Waals surface area contributed by atoms with Crippen LogP contribution in [0.4, 0.5) is 16.1 Å². The second-order valence-electron chi connectivity index (χ2n) is 11.4. The van der Waals surface area contributed by atoms with Crippen LogP contribution in [0.3, 0.4) is 0 Å². The van der Waals surface area contributed by atoms with Gasteiger partial charge in [0.2, 0.25) is 0 Å². The Bertz CT molecular complexity index is 1550. The predicted octanol–water partition coefficient (Wildman–Crippen LogP) is 4.47. The number of aromatic amines is 1. The van der Waals surface area contributed by atoms with Gasteiger partial charge in [0.05, 0.1) is 12.1 Å². The van der Waals surface area contributed by atoms with Crippen molar-refractivity contribution < 1.29 is 18.7 Å². The minimum Gasteiger partial charge on any atom is -0.481 e. The van der Waals surface area contributed by atoms with Crippen molar-refractivity contribution >= 4 is 28.7 Å². The van der Waals surface area contributed by atoms with Gasteiger partial charge in [-0.2, -0.15) is 0 Å². The van der Waals surface area contributed by atoms with Crippen molar-refractivity contribution in [1.29, 1.82) is 0 Å². The molecule has 4 aromatic rings. The summed E-state index contributed by atoms with van der Waals surface area (Å²) in [7, 11) is 2.11. The molecule has 0 spiro atoms. The predicted molar refractivity (Wildman–Crippen MR) is 148 cm³/mol. The van der Waals surface area contributed by atoms with Crippen LogP contribution in [0.15, 0.2) is 41.1 Å². The van der Waals surface area contributed by atoms with E-state index in [0.717, 1.165) is 57.7 Å². The van der Waals surface area contributed by atoms with E-state index in [2.05, 4.69) is 32.1 Å². The fourth-order valence-electron chi connectivity index (χ4n) is 6.78. The average Bonchev–Trinajstić information content (AvgIpc) is 3.61. The van der Waals surface area contributed by atoms with Gasteiger partial charge in [0.15, 0.2) is 17.5 Å². The number of furan rings is 1. The molecule has 0 amide bonds. The number of hydrogen-bond acceptors (Lipinski definition) is 8. The number of carbonyl (C=O) groups is 1. The van der Waals surface area contributed by atoms with E-state index in [0.29, 0.717) is 39.7 Å². The number of nitrogens with zero attached hydrogens (tertiary/aromatic N) is 5. The first-order chi connectivity index (χ1) is 19.4. The molecule has 1 aliphatic heterocycles. The third-order valence-corrected chi connectivity index (χ3v) is 8.94. The van der Waals surface area contributed by atoms with E-state index in [-0.39, 0.29) is 17.9 Å². The van der Waals surface area contributed by atoms with Gasteiger partial charge in [0.25, 0.3) is 0 Å². The molecule has 2 atom stereocenters. The van der Waals surface area contributed by atoms with Gasteiger partial charge in [-0.05, 0) is 56.7 Å². The van der Waals surface area contributed by atoms with Crippen LogP contribution in [0.1, 0.15) is 25.7 Å². The number of carboxylic acid groups (broad SMARTS) is 1. The Morgan fingerprint density at radius 1 is 1.10 bits per heavy atom. The van der Waals surface area contributed by atoms with Gasteiger partial charge in [-0.15, -0.1) is 0 Å². The number of halogens is 1. The van der Waals surface area contributed by atoms with Crippen molar-refractivity contribution in [3.63, 3.8) is 0 Å². The highest BCUT2D eigenvalue weighted by atomic mass is 19.1. The number of likely N-dealkylation sites (N-methyl/N-ethyl adjacent to an activating group) is 1. The van der Waals surface area contributed by atoms with Gasteiger partial charge in [-0.25, -0.2) is 19.3 Å². The summed E-state index contributed by atoms with van der Waals surface area (Å²) in [5, 5.41) is 14.2. The van der Waals surface area contributed by atoms with Crippen molar-refractivity contribution in [2.75, 3.05) is 43.4 Å². The number of hydrogen-bond donors (Lipinski definition) is 3. The minimum absolute atomic E-state index is 0.166. The van der Waals surface area contributed by atoms with Crippen LogP contribution < -0.4 is 10.2 Å². The Morgan fingerprint density at radius 2 is 1.88 bits per heavy atom. The summed E-state index contributed by atoms with van der Waals surface area (Å²) in [6, 6.07) is 6.88. The molecular formula is C29H32FN7O3. The smallest absolute Gasteiger partial charge is 0.308 e. The molecule has 8 rings (SSSR count). The van der Waals surface area contributed by atoms with Gasteiger partial charge < -0.3 is 29.6 Å². The number of pyridine rings is 1. The lowest BCUT2D eigenvalue weighted by Crippen LogP contribution is -2.51. The summed E-state index contributed by atoms with van der Waals surface area (Å²) in [6.07, 6.45) is 6.82. The summed E-state index contributed by atoms with van der Waals surface area (Å²) in [5.74, 6) is 1.04. The summed E-state index contributed by atoms with van der Waals surface area (Å²) < 4.78 is 20.4. The van der Waals surface area contributed by atoms with Gasteiger partial charge >= 0.3 is 5.97 Å². The standard InChI is InChI=1S/C29H32FN7O3/c1-36-8-10-37(11-9-36)24-7-6-22(40-24)21-13-23(34-26-17-4-2-16(3-5-17)25(26)29(38)39)35-28(33-21)20-15-32-27-19(20)12-18(30)14-31-27/h6-7,12-17,25-26H,2-5,8-11H2,1H3,(H,31,32)(H,38,39)(H,33,34,35). The summed E-state index contributed by atoms with van der Waals surface area (Å²) >= 11 is 0. The molecule has 4 aromatic heterocycles. The lowest BCUT2D eigenvalue weighted by molar-refractivity contribution is -0.148. The molecule has 4 aliphatic rings. The van der Waals surface area contributed by atoms with Gasteiger partial charge in [-0.3, -0.25) is 4.79 Å². The number of piperazine rings is 1. The molecule has 2 bridgehead atoms. The fourth-order valence-corrected chi connectivity index (χ4v) is 6.78. The lowest BCUT2D eigenvalue weighted by atomic mass is 9.61. The highest BCUT2D eigenvalue weighted by Gasteiger charge is 2.47. The third-order valence-electron chi connectivity index (χ3n) is 8.94. The topological polar surface area (TPSA) is 123 Å². The third kappa shape index (κ3) is 4.47. The molecular weight excluding hydrogens is 513 g/mol. The number of carboxylic acids is 1. The Kier molecular flexibility index (Phi) is 6.18. The Hall–Kier alpha value is -3.99. The number of anilines is 2. The first-order valence-corrected chi connectivity index (χ1v) is 14.0. The number of rotatable bonds is 6. The zero-order valence-corrected chi connectivity index (χ0v) is 22.3. The Labute approximate surface area is 230 Å². The zero-order valence-electron chi connectivity index (χ0n) is 22.3. The Balaban J connectivity index is 1.29. The molecule has 3 aliphatic carbocycles. The molecule has 1 saturated heterocycles. The average molecular weight is 546 g/mol. The fraction of sp³-hybridized carbons (Fsp3) is 0.448. The maximum atomic E-state index is 14.1. The number of aromatic nitrogens is 4. The molecule has 2 unspecified atom stereocenters. The molecule has 0 radical (unpaired) electrons. The first-order valence-electron chi connectivity index (χ1n) is 14.0. The summed E-state index contributed by atoms with van der Waals surface area (Å²) in [4.78, 5) is 33.7. The van der Waals surface area contributed by atoms with Crippen molar-refractivity contribution in [1.82, 2.24) is 24.8 Å². The summed E-state index contributed by atoms with van der Waals surface area (Å²) in [6.45, 7) is 3.67. The number of aliphatic carboxylic acids is 1. The molecule has 40 heavy (non-hydrogen) atoms. The number of nitrogens with one attached hydrogen (secondary N) is 2. The highest BCUT2D eigenvalue weighted by Crippen LogP contribution is 2.46. The van der Waals surface area contributed by atoms with E-state index in [1.165, 1.54) is 12.3 Å². The molecule has 3 N–H and O–H groups in total. The van der Waals surface area contributed by atoms with Gasteiger partial charge in [0, 0.05) is 61.5 Å². The molecule has 208 valence electrons. The minimum atomic E-state index is -0.762. The van der Waals surface area contributed by atoms with Gasteiger partial charge in [0.1, 0.15) is 23.0 Å². The highest BCUT2D eigenvalue weighted by molar-refractivity contribution is 5.92. The molecule has 0 aromatic carbocycles. The van der Waals surface area contributed by atoms with E-state index in [4.69, 9.17) is 14.4 Å². The van der Waals surface area contributed by atoms with Crippen molar-refractivity contribution in [2.24, 2.45) is 17.8 Å². The van der Waals surface area contributed by atoms with Crippen LogP contribution >= 0.6 is 0 Å². The van der Waals surface area contributed by atoms with E-state index in [9.17, 15) is 14.3 Å². The SMILES string of the molecule is CN1CCN(c2ccc(-c3cc(NC4C5CCC(CC5)C4C(=O)O)nc(-c4c[nH]c5ncc(F)cc45)n3)o2)CC1. The first kappa shape index (κ1) is 25.0. The second kappa shape index (κ2) is 9.88. The number of H-pyrrole nitrogens is 1. The molecule has 10 nitrogen and oxygen atoms in total. The van der Waals surface area contributed by atoms with Crippen LogP contribution in [-0.2, 0) is 4.79 Å². The molecule has 11 heteroatoms. The van der Waals surface area contributed by atoms with Crippen LogP contribution in [0.25, 0.3) is 33.9 Å². The van der Waals surface area contributed by atoms with E-state index >= 15 is 0 Å². The monoisotopic (exact) mass is 545 g/mol. The largest absolute Gasteiger partial charge is 0.481 e. The lowest BCUT2D eigenvalue weighted by Gasteiger charge is -2.47. The molecule has 4 fully saturated rings. The maximum Gasteiger partial charge on any atom is 0.308 e. The van der Waals surface area contributed by atoms with Crippen LogP contribution in [-0.4, -0.2) is 75.2 Å². The normalized spacial score (nSPS) is 25.0. The number of fused-ring (bicyclic) bond motifs is 4. The van der Waals surface area contributed by atoms with E-state index in [1.54, 1.807) is 6.20 Å². The maximum absolute atomic E-state index is 14.1. The molecule has 5 heterocycles. The Morgan fingerprint density at radius 3 is 2.65 bits per heavy atom. The second-order valence-corrected chi connectivity index (χ2v) is 11.4. The quantitative estimate of drug-likeness (QED) is 0.322. The van der Waals surface area contributed by atoms with Crippen molar-refractivity contribution in [2.45, 2.75) is 31.7 Å². The van der Waals surface area contributed by atoms with E-state index in [1.807, 2.05) is 18.2 Å². The molecule has 3 saturated carbocycles. The summed E-state index contributed by atoms with van der Waals surface area (Å²) in [5.41, 5.74) is 1.71. The zero-order chi connectivity index (χ0) is 27.4. The van der Waals surface area contributed by atoms with E-state index < -0.39 is 17.7 Å². The van der Waals surface area contributed by atoms with Crippen LogP contribution in [0, 0.1) is 23.6 Å². The van der Waals surface area contributed by atoms with Crippen LogP contribution in [0.2, 0.25) is 0 Å².